The molecule has 3 saturated heterocycles. The van der Waals surface area contributed by atoms with Crippen molar-refractivity contribution in [2.45, 2.75) is 192 Å². The minimum atomic E-state index is -1.45. The van der Waals surface area contributed by atoms with Crippen molar-refractivity contribution in [2.75, 3.05) is 47.9 Å². The third-order valence-corrected chi connectivity index (χ3v) is 14.6. The van der Waals surface area contributed by atoms with Crippen molar-refractivity contribution in [1.29, 1.82) is 0 Å². The summed E-state index contributed by atoms with van der Waals surface area (Å²) in [6.07, 6.45) is -7.16. The smallest absolute Gasteiger partial charge is 0.407 e. The predicted octanol–water partition coefficient (Wildman–Crippen LogP) is 5.97. The molecule has 0 bridgehead atoms. The van der Waals surface area contributed by atoms with Crippen LogP contribution in [0.5, 0.6) is 0 Å². The van der Waals surface area contributed by atoms with Crippen molar-refractivity contribution in [3.8, 4) is 0 Å². The van der Waals surface area contributed by atoms with Gasteiger partial charge in [-0.2, -0.15) is 0 Å². The average Bonchev–Trinajstić information content (AvgIpc) is 3.35. The number of hydrogen-bond donors (Lipinski definition) is 3. The van der Waals surface area contributed by atoms with Gasteiger partial charge in [0, 0.05) is 52.3 Å². The number of esters is 3. The molecule has 2 aromatic rings. The topological polar surface area (TPSA) is 227 Å². The van der Waals surface area contributed by atoms with Crippen molar-refractivity contribution in [1.82, 2.24) is 15.1 Å². The Balaban J connectivity index is 1.45. The molecule has 0 radical (unpaired) electrons. The minimum Gasteiger partial charge on any atom is -0.462 e. The van der Waals surface area contributed by atoms with Crippen molar-refractivity contribution >= 4 is 47.1 Å². The monoisotopic (exact) mass is 1060 g/mol. The number of methoxy groups -OCH3 is 1. The number of carbonyl (C=O) groups excluding carboxylic acids is 5. The molecule has 3 heterocycles. The van der Waals surface area contributed by atoms with Gasteiger partial charge in [-0.25, -0.2) is 4.79 Å². The summed E-state index contributed by atoms with van der Waals surface area (Å²) in [6.45, 7) is 13.2. The van der Waals surface area contributed by atoms with Gasteiger partial charge >= 0.3 is 24.0 Å². The Morgan fingerprint density at radius 2 is 1.64 bits per heavy atom. The third-order valence-electron chi connectivity index (χ3n) is 14.6. The normalized spacial score (nSPS) is 33.9. The highest BCUT2D eigenvalue weighted by Gasteiger charge is 2.55. The third kappa shape index (κ3) is 17.2. The lowest BCUT2D eigenvalue weighted by molar-refractivity contribution is -0.344. The Morgan fingerprint density at radius 1 is 0.920 bits per heavy atom. The van der Waals surface area contributed by atoms with Crippen LogP contribution in [-0.2, 0) is 61.8 Å². The van der Waals surface area contributed by atoms with Crippen LogP contribution in [0.3, 0.4) is 0 Å². The van der Waals surface area contributed by atoms with Crippen molar-refractivity contribution < 1.29 is 76.8 Å². The summed E-state index contributed by atoms with van der Waals surface area (Å²) in [6, 6.07) is 13.4. The average molecular weight is 1060 g/mol. The van der Waals surface area contributed by atoms with E-state index in [0.29, 0.717) is 38.9 Å². The zero-order chi connectivity index (χ0) is 55.0. The van der Waals surface area contributed by atoms with E-state index in [2.05, 4.69) is 29.6 Å². The number of benzene rings is 2. The quantitative estimate of drug-likeness (QED) is 0.0942. The van der Waals surface area contributed by atoms with Crippen LogP contribution in [0.4, 0.5) is 4.79 Å². The van der Waals surface area contributed by atoms with Crippen LogP contribution >= 0.6 is 0 Å². The number of carbonyl (C=O) groups is 5. The minimum absolute atomic E-state index is 0.0242. The molecule has 420 valence electrons. The molecule has 0 saturated carbocycles. The maximum atomic E-state index is 14.2. The SMILES string of the molecule is CCNC(=O)O[C@H]1[C@H](C)O[C@@H](O[C@H]2[C@H](N(C)C)[C@@H](O)[C@H](O[C@H]3[C@@H](CC=O)C[C@@H](C)[C@@H](O)CN(C)CCC[C@H](C/C=C/c4ccc5ccccc5c4)OC(=O)C[C@@H](OC(=O)CC)[C@@H]3OC)O[C@@H]2C)C[C@@]1(C)OC(=O)CC. The van der Waals surface area contributed by atoms with Gasteiger partial charge in [-0.05, 0) is 109 Å². The summed E-state index contributed by atoms with van der Waals surface area (Å²) in [5, 5.41) is 28.9. The summed E-state index contributed by atoms with van der Waals surface area (Å²) in [5.41, 5.74) is -0.375. The van der Waals surface area contributed by atoms with Gasteiger partial charge in [-0.1, -0.05) is 69.3 Å². The van der Waals surface area contributed by atoms with E-state index in [0.717, 1.165) is 22.6 Å². The van der Waals surface area contributed by atoms with Crippen LogP contribution in [0.1, 0.15) is 112 Å². The molecule has 19 nitrogen and oxygen atoms in total. The standard InChI is InChI=1S/C56H85N3O16/c1-12-44(62)71-43-31-46(64)70-41(22-17-19-37-24-25-38-20-15-16-21-39(38)30-37)23-18-27-59(10)33-42(61)34(4)29-40(26-28-60)51(52(43)67-11)73-54-49(65)48(58(8)9)50(35(5)69-54)72-47-32-56(7,75-45(63)13-2)53(36(6)68-47)74-55(66)57-14-3/h15-17,19-21,24-25,28,30,34-36,40-43,47-54,61,65H,12-14,18,22-23,26-27,29,31-33H2,1-11H3,(H,57,66)/b19-17+/t34-,35-,36+,40+,41+,42+,43-,47+,48-,49-,50-,51+,52+,53+,54+,56-/m1/s1. The van der Waals surface area contributed by atoms with E-state index in [-0.39, 0.29) is 32.1 Å². The number of aliphatic hydroxyl groups excluding tert-OH is 2. The van der Waals surface area contributed by atoms with E-state index in [9.17, 15) is 34.2 Å². The summed E-state index contributed by atoms with van der Waals surface area (Å²) in [7, 11) is 6.82. The number of ether oxygens (including phenoxy) is 9. The fourth-order valence-electron chi connectivity index (χ4n) is 10.6. The highest BCUT2D eigenvalue weighted by Crippen LogP contribution is 2.39. The number of alkyl carbamates (subject to hydrolysis) is 1. The lowest BCUT2D eigenvalue weighted by Gasteiger charge is -2.50. The predicted molar refractivity (Wildman–Crippen MR) is 279 cm³/mol. The van der Waals surface area contributed by atoms with Gasteiger partial charge in [0.2, 0.25) is 0 Å². The summed E-state index contributed by atoms with van der Waals surface area (Å²) in [5.74, 6) is -2.88. The fraction of sp³-hybridized carbons (Fsp3) is 0.696. The summed E-state index contributed by atoms with van der Waals surface area (Å²) >= 11 is 0. The molecule has 3 fully saturated rings. The fourth-order valence-corrected chi connectivity index (χ4v) is 10.6. The second kappa shape index (κ2) is 29.2. The Morgan fingerprint density at radius 3 is 2.31 bits per heavy atom. The largest absolute Gasteiger partial charge is 0.462 e. The molecule has 0 spiro atoms. The molecule has 19 heteroatoms. The molecule has 3 N–H and O–H groups in total. The molecule has 3 aliphatic heterocycles. The molecule has 16 atom stereocenters. The lowest BCUT2D eigenvalue weighted by atomic mass is 9.82. The van der Waals surface area contributed by atoms with Crippen molar-refractivity contribution in [3.63, 3.8) is 0 Å². The second-order valence-electron chi connectivity index (χ2n) is 20.8. The van der Waals surface area contributed by atoms with Gasteiger partial charge in [0.1, 0.15) is 36.8 Å². The van der Waals surface area contributed by atoms with Gasteiger partial charge in [0.15, 0.2) is 24.3 Å². The first-order chi connectivity index (χ1) is 35.7. The van der Waals surface area contributed by atoms with Crippen LogP contribution < -0.4 is 5.32 Å². The van der Waals surface area contributed by atoms with E-state index in [1.54, 1.807) is 60.5 Å². The molecule has 0 aliphatic carbocycles. The zero-order valence-electron chi connectivity index (χ0n) is 45.9. The van der Waals surface area contributed by atoms with Crippen molar-refractivity contribution in [3.05, 3.63) is 54.1 Å². The summed E-state index contributed by atoms with van der Waals surface area (Å²) < 4.78 is 56.5. The van der Waals surface area contributed by atoms with Gasteiger partial charge in [-0.15, -0.1) is 0 Å². The maximum Gasteiger partial charge on any atom is 0.407 e. The van der Waals surface area contributed by atoms with Crippen LogP contribution in [0.2, 0.25) is 0 Å². The molecule has 0 aromatic heterocycles. The van der Waals surface area contributed by atoms with E-state index in [4.69, 9.17) is 42.6 Å². The highest BCUT2D eigenvalue weighted by molar-refractivity contribution is 5.84. The van der Waals surface area contributed by atoms with Gasteiger partial charge in [0.05, 0.1) is 36.9 Å². The number of β-amino-alcohol motifs (C(OH)–C–C–N with tert-alkyl or cyclic N) is 1. The molecule has 1 amide bonds. The summed E-state index contributed by atoms with van der Waals surface area (Å²) in [4.78, 5) is 69.4. The van der Waals surface area contributed by atoms with Gasteiger partial charge in [-0.3, -0.25) is 14.4 Å². The molecule has 75 heavy (non-hydrogen) atoms. The Bertz CT molecular complexity index is 2180. The Hall–Kier alpha value is -4.57. The van der Waals surface area contributed by atoms with Gasteiger partial charge in [0.25, 0.3) is 0 Å². The number of nitrogens with one attached hydrogen (secondary N) is 1. The number of amides is 1. The molecule has 3 aliphatic rings. The van der Waals surface area contributed by atoms with E-state index < -0.39 is 128 Å². The van der Waals surface area contributed by atoms with Crippen molar-refractivity contribution in [2.24, 2.45) is 11.8 Å². The van der Waals surface area contributed by atoms with E-state index >= 15 is 0 Å². The number of likely N-dealkylation sites (N-methyl/N-ethyl adjacent to an activating group) is 2. The van der Waals surface area contributed by atoms with Crippen LogP contribution in [-0.4, -0.2) is 183 Å². The Labute approximate surface area is 443 Å². The highest BCUT2D eigenvalue weighted by atomic mass is 16.7. The molecular weight excluding hydrogens is 971 g/mol. The number of hydrogen-bond acceptors (Lipinski definition) is 18. The number of nitrogens with zero attached hydrogens (tertiary/aromatic N) is 2. The molecule has 5 rings (SSSR count). The number of aldehydes is 1. The Kier molecular flexibility index (Phi) is 23.9. The van der Waals surface area contributed by atoms with Gasteiger partial charge < -0.3 is 72.8 Å². The number of aliphatic hydroxyl groups is 2. The second-order valence-corrected chi connectivity index (χ2v) is 20.8. The molecule has 2 aromatic carbocycles. The maximum absolute atomic E-state index is 14.2. The number of rotatable bonds is 17. The molecule has 0 unspecified atom stereocenters. The number of cyclic esters (lactones) is 1. The van der Waals surface area contributed by atoms with Crippen LogP contribution in [0, 0.1) is 11.8 Å². The lowest BCUT2D eigenvalue weighted by Crippen LogP contribution is -2.66. The van der Waals surface area contributed by atoms with E-state index in [1.807, 2.05) is 49.2 Å². The first-order valence-electron chi connectivity index (χ1n) is 26.7. The van der Waals surface area contributed by atoms with Crippen LogP contribution in [0.25, 0.3) is 16.8 Å². The molecular formula is C56H85N3O16. The van der Waals surface area contributed by atoms with E-state index in [1.165, 1.54) is 7.11 Å². The van der Waals surface area contributed by atoms with Crippen LogP contribution in [0.15, 0.2) is 48.5 Å². The zero-order valence-corrected chi connectivity index (χ0v) is 45.9. The first kappa shape index (κ1) is 61.3. The number of fused-ring (bicyclic) bond motifs is 1. The first-order valence-corrected chi connectivity index (χ1v) is 26.7.